The van der Waals surface area contributed by atoms with Gasteiger partial charge in [-0.2, -0.15) is 20.1 Å². The van der Waals surface area contributed by atoms with Crippen LogP contribution >= 0.6 is 11.6 Å². The van der Waals surface area contributed by atoms with Gasteiger partial charge < -0.3 is 10.2 Å². The van der Waals surface area contributed by atoms with Crippen LogP contribution in [0.4, 0.5) is 22.1 Å². The molecule has 1 saturated carbocycles. The normalized spacial score (nSPS) is 24.2. The topological polar surface area (TPSA) is 82.6 Å². The molecule has 0 unspecified atom stereocenters. The Morgan fingerprint density at radius 1 is 1.35 bits per heavy atom. The Morgan fingerprint density at radius 3 is 2.87 bits per heavy atom. The molecule has 2 aliphatic rings. The van der Waals surface area contributed by atoms with Crippen LogP contribution in [0.3, 0.4) is 0 Å². The molecule has 1 saturated heterocycles. The van der Waals surface area contributed by atoms with Crippen LogP contribution in [0.1, 0.15) is 37.8 Å². The molecule has 0 bridgehead atoms. The predicted molar refractivity (Wildman–Crippen MR) is 85.0 cm³/mol. The molecule has 0 aromatic carbocycles. The number of hydrogen-bond donors (Lipinski definition) is 2. The average Bonchev–Trinajstić information content (AvgIpc) is 3.15. The summed E-state index contributed by atoms with van der Waals surface area (Å²) in [5, 5.41) is 10.3. The van der Waals surface area contributed by atoms with Crippen LogP contribution in [-0.4, -0.2) is 43.9 Å². The van der Waals surface area contributed by atoms with E-state index >= 15 is 0 Å². The fourth-order valence-electron chi connectivity index (χ4n) is 2.88. The van der Waals surface area contributed by atoms with Crippen molar-refractivity contribution < 1.29 is 4.39 Å². The third-order valence-corrected chi connectivity index (χ3v) is 4.39. The van der Waals surface area contributed by atoms with E-state index in [9.17, 15) is 4.39 Å². The van der Waals surface area contributed by atoms with E-state index in [0.29, 0.717) is 30.1 Å². The van der Waals surface area contributed by atoms with E-state index in [-0.39, 0.29) is 17.9 Å². The first-order valence-electron chi connectivity index (χ1n) is 7.73. The van der Waals surface area contributed by atoms with Crippen molar-refractivity contribution in [1.29, 1.82) is 0 Å². The van der Waals surface area contributed by atoms with E-state index in [4.69, 9.17) is 11.6 Å². The van der Waals surface area contributed by atoms with Crippen LogP contribution in [0, 0.1) is 0 Å². The molecule has 122 valence electrons. The summed E-state index contributed by atoms with van der Waals surface area (Å²) in [6, 6.07) is 1.98. The van der Waals surface area contributed by atoms with Crippen LogP contribution < -0.4 is 10.2 Å². The molecule has 2 N–H and O–H groups in total. The van der Waals surface area contributed by atoms with E-state index in [0.717, 1.165) is 5.69 Å². The molecule has 0 spiro atoms. The van der Waals surface area contributed by atoms with Crippen molar-refractivity contribution in [3.8, 4) is 0 Å². The Balaban J connectivity index is 1.56. The second-order valence-electron chi connectivity index (χ2n) is 6.17. The SMILES string of the molecule is C[C@@H]1C[C@@H](F)CN1c1nc(Cl)nc(Nc2cc(C3CC3)n[nH]2)n1. The summed E-state index contributed by atoms with van der Waals surface area (Å²) in [7, 11) is 0. The van der Waals surface area contributed by atoms with Gasteiger partial charge in [-0.05, 0) is 31.4 Å². The fraction of sp³-hybridized carbons (Fsp3) is 0.571. The summed E-state index contributed by atoms with van der Waals surface area (Å²) in [5.41, 5.74) is 1.04. The highest BCUT2D eigenvalue weighted by molar-refractivity contribution is 6.28. The minimum absolute atomic E-state index is 0.0324. The Hall–Kier alpha value is -1.96. The number of nitrogens with one attached hydrogen (secondary N) is 2. The van der Waals surface area contributed by atoms with Crippen LogP contribution in [0.25, 0.3) is 0 Å². The van der Waals surface area contributed by atoms with Gasteiger partial charge in [-0.3, -0.25) is 5.10 Å². The molecule has 2 atom stereocenters. The quantitative estimate of drug-likeness (QED) is 0.892. The lowest BCUT2D eigenvalue weighted by Crippen LogP contribution is -2.29. The third-order valence-electron chi connectivity index (χ3n) is 4.22. The van der Waals surface area contributed by atoms with Crippen molar-refractivity contribution in [2.75, 3.05) is 16.8 Å². The maximum absolute atomic E-state index is 13.6. The number of nitrogens with zero attached hydrogens (tertiary/aromatic N) is 5. The molecule has 3 heterocycles. The number of H-pyrrole nitrogens is 1. The van der Waals surface area contributed by atoms with Crippen molar-refractivity contribution in [3.05, 3.63) is 17.0 Å². The van der Waals surface area contributed by atoms with Crippen LogP contribution in [0.2, 0.25) is 5.28 Å². The summed E-state index contributed by atoms with van der Waals surface area (Å²) in [4.78, 5) is 14.4. The molecule has 0 radical (unpaired) electrons. The molecular formula is C14H17ClFN7. The van der Waals surface area contributed by atoms with Gasteiger partial charge in [0.25, 0.3) is 0 Å². The van der Waals surface area contributed by atoms with Gasteiger partial charge in [0.1, 0.15) is 12.0 Å². The first-order chi connectivity index (χ1) is 11.1. The highest BCUT2D eigenvalue weighted by atomic mass is 35.5. The monoisotopic (exact) mass is 337 g/mol. The van der Waals surface area contributed by atoms with E-state index < -0.39 is 6.17 Å². The largest absolute Gasteiger partial charge is 0.335 e. The van der Waals surface area contributed by atoms with Crippen molar-refractivity contribution in [3.63, 3.8) is 0 Å². The summed E-state index contributed by atoms with van der Waals surface area (Å²) < 4.78 is 13.6. The molecule has 23 heavy (non-hydrogen) atoms. The summed E-state index contributed by atoms with van der Waals surface area (Å²) in [6.07, 6.45) is 1.97. The van der Waals surface area contributed by atoms with Gasteiger partial charge in [0.2, 0.25) is 17.2 Å². The number of aromatic amines is 1. The van der Waals surface area contributed by atoms with Crippen molar-refractivity contribution in [2.24, 2.45) is 0 Å². The first-order valence-corrected chi connectivity index (χ1v) is 8.11. The molecule has 4 rings (SSSR count). The number of anilines is 3. The summed E-state index contributed by atoms with van der Waals surface area (Å²) >= 11 is 6.00. The first kappa shape index (κ1) is 14.6. The van der Waals surface area contributed by atoms with Gasteiger partial charge in [-0.1, -0.05) is 0 Å². The second kappa shape index (κ2) is 5.59. The van der Waals surface area contributed by atoms with Gasteiger partial charge in [-0.25, -0.2) is 4.39 Å². The third kappa shape index (κ3) is 3.08. The summed E-state index contributed by atoms with van der Waals surface area (Å²) in [6.45, 7) is 2.22. The molecular weight excluding hydrogens is 321 g/mol. The molecule has 0 amide bonds. The molecule has 1 aliphatic heterocycles. The van der Waals surface area contributed by atoms with Crippen molar-refractivity contribution in [2.45, 2.75) is 44.3 Å². The average molecular weight is 338 g/mol. The molecule has 7 nitrogen and oxygen atoms in total. The van der Waals surface area contributed by atoms with E-state index in [1.54, 1.807) is 0 Å². The van der Waals surface area contributed by atoms with E-state index in [1.165, 1.54) is 12.8 Å². The van der Waals surface area contributed by atoms with Crippen LogP contribution in [0.5, 0.6) is 0 Å². The van der Waals surface area contributed by atoms with Crippen molar-refractivity contribution >= 4 is 29.3 Å². The van der Waals surface area contributed by atoms with Gasteiger partial charge in [-0.15, -0.1) is 0 Å². The lowest BCUT2D eigenvalue weighted by molar-refractivity contribution is 0.358. The van der Waals surface area contributed by atoms with Gasteiger partial charge in [0.05, 0.1) is 12.2 Å². The zero-order valence-corrected chi connectivity index (χ0v) is 13.4. The smallest absolute Gasteiger partial charge is 0.234 e. The molecule has 2 aromatic rings. The minimum atomic E-state index is -0.870. The fourth-order valence-corrected chi connectivity index (χ4v) is 3.03. The maximum atomic E-state index is 13.6. The van der Waals surface area contributed by atoms with Crippen LogP contribution in [0.15, 0.2) is 6.07 Å². The highest BCUT2D eigenvalue weighted by Crippen LogP contribution is 2.39. The van der Waals surface area contributed by atoms with Gasteiger partial charge in [0.15, 0.2) is 0 Å². The van der Waals surface area contributed by atoms with Gasteiger partial charge in [0, 0.05) is 24.4 Å². The Labute approximate surface area is 137 Å². The van der Waals surface area contributed by atoms with Crippen molar-refractivity contribution in [1.82, 2.24) is 25.1 Å². The number of rotatable bonds is 4. The molecule has 2 fully saturated rings. The highest BCUT2D eigenvalue weighted by Gasteiger charge is 2.31. The number of alkyl halides is 1. The number of halogens is 2. The number of hydrogen-bond acceptors (Lipinski definition) is 6. The molecule has 1 aliphatic carbocycles. The van der Waals surface area contributed by atoms with Crippen LogP contribution in [-0.2, 0) is 0 Å². The standard InChI is InChI=1S/C14H17ClFN7/c1-7-4-9(16)6-23(7)14-19-12(15)18-13(20-14)17-11-5-10(21-22-11)8-2-3-8/h5,7-9H,2-4,6H2,1H3,(H2,17,18,19,20,21,22)/t7-,9-/m1/s1. The minimum Gasteiger partial charge on any atom is -0.335 e. The summed E-state index contributed by atoms with van der Waals surface area (Å²) in [5.74, 6) is 1.98. The molecule has 2 aromatic heterocycles. The van der Waals surface area contributed by atoms with E-state index in [2.05, 4.69) is 30.5 Å². The van der Waals surface area contributed by atoms with E-state index in [1.807, 2.05) is 17.9 Å². The zero-order chi connectivity index (χ0) is 16.0. The number of aromatic nitrogens is 5. The molecule has 9 heteroatoms. The Morgan fingerprint density at radius 2 is 2.17 bits per heavy atom. The Kier molecular flexibility index (Phi) is 3.56. The maximum Gasteiger partial charge on any atom is 0.234 e. The lowest BCUT2D eigenvalue weighted by atomic mass is 10.2. The zero-order valence-electron chi connectivity index (χ0n) is 12.6. The van der Waals surface area contributed by atoms with Gasteiger partial charge >= 0.3 is 0 Å². The Bertz CT molecular complexity index is 717. The predicted octanol–water partition coefficient (Wildman–Crippen LogP) is 2.81. The lowest BCUT2D eigenvalue weighted by Gasteiger charge is -2.21. The second-order valence-corrected chi connectivity index (χ2v) is 6.51.